The summed E-state index contributed by atoms with van der Waals surface area (Å²) in [5, 5.41) is 11.0. The third kappa shape index (κ3) is 20.3. The first-order valence-corrected chi connectivity index (χ1v) is 12.1. The standard InChI is InChI=1S/C24H49NO2.K/c1-4-7-10-12-14-16-21-25(22-17-15-13-11-8-5-2)23(18-9-6-3)19-20-24(26)27;/h23H,4-22H2,1-3H3,(H,26,27);/q;+1/p-1. The summed E-state index contributed by atoms with van der Waals surface area (Å²) < 4.78 is 0. The molecule has 0 aliphatic rings. The molecule has 0 bridgehead atoms. The number of unbranched alkanes of at least 4 members (excludes halogenated alkanes) is 11. The van der Waals surface area contributed by atoms with E-state index >= 15 is 0 Å². The van der Waals surface area contributed by atoms with Crippen LogP contribution in [0.1, 0.15) is 130 Å². The molecule has 0 spiro atoms. The third-order valence-electron chi connectivity index (χ3n) is 5.69. The van der Waals surface area contributed by atoms with E-state index in [-0.39, 0.29) is 57.8 Å². The van der Waals surface area contributed by atoms with Gasteiger partial charge in [0.15, 0.2) is 0 Å². The van der Waals surface area contributed by atoms with Crippen LogP contribution < -0.4 is 56.5 Å². The van der Waals surface area contributed by atoms with Crippen molar-refractivity contribution in [1.82, 2.24) is 4.90 Å². The second-order valence-electron chi connectivity index (χ2n) is 8.28. The van der Waals surface area contributed by atoms with Crippen molar-refractivity contribution in [3.8, 4) is 0 Å². The van der Waals surface area contributed by atoms with Gasteiger partial charge in [0.1, 0.15) is 0 Å². The Morgan fingerprint density at radius 2 is 1.11 bits per heavy atom. The summed E-state index contributed by atoms with van der Waals surface area (Å²) >= 11 is 0. The smallest absolute Gasteiger partial charge is 0.550 e. The first-order chi connectivity index (χ1) is 13.2. The largest absolute Gasteiger partial charge is 1.00 e. The van der Waals surface area contributed by atoms with E-state index in [0.29, 0.717) is 6.04 Å². The Bertz CT molecular complexity index is 310. The maximum Gasteiger partial charge on any atom is 1.00 e. The topological polar surface area (TPSA) is 43.4 Å². The van der Waals surface area contributed by atoms with Gasteiger partial charge in [-0.2, -0.15) is 0 Å². The number of nitrogens with zero attached hydrogens (tertiary/aromatic N) is 1. The predicted molar refractivity (Wildman–Crippen MR) is 116 cm³/mol. The first kappa shape index (κ1) is 31.3. The van der Waals surface area contributed by atoms with E-state index in [0.717, 1.165) is 25.9 Å². The molecule has 3 nitrogen and oxygen atoms in total. The normalized spacial score (nSPS) is 12.1. The van der Waals surface area contributed by atoms with E-state index in [2.05, 4.69) is 25.7 Å². The van der Waals surface area contributed by atoms with Gasteiger partial charge in [-0.05, 0) is 45.2 Å². The molecule has 0 aliphatic heterocycles. The zero-order chi connectivity index (χ0) is 20.2. The molecule has 0 aromatic rings. The van der Waals surface area contributed by atoms with Crippen LogP contribution in [0.5, 0.6) is 0 Å². The van der Waals surface area contributed by atoms with Crippen LogP contribution in [0.4, 0.5) is 0 Å². The van der Waals surface area contributed by atoms with Crippen LogP contribution in [-0.4, -0.2) is 30.0 Å². The summed E-state index contributed by atoms with van der Waals surface area (Å²) in [4.78, 5) is 13.6. The molecule has 0 saturated heterocycles. The Hall–Kier alpha value is 1.07. The van der Waals surface area contributed by atoms with Gasteiger partial charge < -0.3 is 14.8 Å². The van der Waals surface area contributed by atoms with E-state index in [4.69, 9.17) is 0 Å². The average Bonchev–Trinajstić information content (AvgIpc) is 2.66. The van der Waals surface area contributed by atoms with Gasteiger partial charge >= 0.3 is 51.4 Å². The van der Waals surface area contributed by atoms with Gasteiger partial charge in [-0.15, -0.1) is 0 Å². The van der Waals surface area contributed by atoms with Crippen molar-refractivity contribution in [3.63, 3.8) is 0 Å². The zero-order valence-electron chi connectivity index (χ0n) is 19.8. The van der Waals surface area contributed by atoms with Crippen molar-refractivity contribution in [2.45, 2.75) is 136 Å². The van der Waals surface area contributed by atoms with Crippen LogP contribution >= 0.6 is 0 Å². The number of carbonyl (C=O) groups excluding carboxylic acids is 1. The Morgan fingerprint density at radius 1 is 0.679 bits per heavy atom. The molecule has 0 N–H and O–H groups in total. The van der Waals surface area contributed by atoms with Gasteiger partial charge in [0.05, 0.1) is 0 Å². The number of rotatable bonds is 21. The van der Waals surface area contributed by atoms with Crippen LogP contribution in [0.25, 0.3) is 0 Å². The molecule has 0 amide bonds. The summed E-state index contributed by atoms with van der Waals surface area (Å²) in [7, 11) is 0. The molecule has 4 heteroatoms. The molecule has 0 aromatic heterocycles. The molecule has 0 saturated carbocycles. The summed E-state index contributed by atoms with van der Waals surface area (Å²) in [6, 6.07) is 0.425. The van der Waals surface area contributed by atoms with Gasteiger partial charge in [0, 0.05) is 12.0 Å². The minimum absolute atomic E-state index is 0. The first-order valence-electron chi connectivity index (χ1n) is 12.1. The molecule has 0 aromatic carbocycles. The maximum atomic E-state index is 11.0. The van der Waals surface area contributed by atoms with E-state index in [9.17, 15) is 9.90 Å². The molecule has 0 rings (SSSR count). The molecule has 0 fully saturated rings. The van der Waals surface area contributed by atoms with Crippen molar-refractivity contribution >= 4 is 5.97 Å². The third-order valence-corrected chi connectivity index (χ3v) is 5.69. The van der Waals surface area contributed by atoms with Gasteiger partial charge in [-0.25, -0.2) is 0 Å². The van der Waals surface area contributed by atoms with E-state index in [1.54, 1.807) is 0 Å². The van der Waals surface area contributed by atoms with Crippen molar-refractivity contribution in [3.05, 3.63) is 0 Å². The average molecular weight is 422 g/mol. The number of carboxylic acid groups (broad SMARTS) is 1. The fourth-order valence-corrected chi connectivity index (χ4v) is 3.90. The van der Waals surface area contributed by atoms with Gasteiger partial charge in [0.25, 0.3) is 0 Å². The number of aliphatic carboxylic acids is 1. The van der Waals surface area contributed by atoms with Crippen LogP contribution in [0.3, 0.4) is 0 Å². The summed E-state index contributed by atoms with van der Waals surface area (Å²) in [5.74, 6) is -0.893. The summed E-state index contributed by atoms with van der Waals surface area (Å²) in [6.45, 7) is 9.03. The molecular weight excluding hydrogens is 373 g/mol. The Labute approximate surface area is 219 Å². The summed E-state index contributed by atoms with van der Waals surface area (Å²) in [6.07, 6.45) is 20.3. The van der Waals surface area contributed by atoms with Crippen molar-refractivity contribution in [2.24, 2.45) is 0 Å². The minimum atomic E-state index is -0.893. The van der Waals surface area contributed by atoms with Gasteiger partial charge in [0.2, 0.25) is 0 Å². The second kappa shape index (κ2) is 24.3. The zero-order valence-corrected chi connectivity index (χ0v) is 22.9. The SMILES string of the molecule is CCCCCCCCN(CCCCCCCC)C(CCCC)CCC(=O)[O-].[K+]. The monoisotopic (exact) mass is 421 g/mol. The predicted octanol–water partition coefficient (Wildman–Crippen LogP) is 3.10. The quantitative estimate of drug-likeness (QED) is 0.211. The molecule has 162 valence electrons. The van der Waals surface area contributed by atoms with Crippen LogP contribution in [0, 0.1) is 0 Å². The van der Waals surface area contributed by atoms with Crippen LogP contribution in [-0.2, 0) is 4.79 Å². The van der Waals surface area contributed by atoms with Gasteiger partial charge in [-0.3, -0.25) is 0 Å². The fraction of sp³-hybridized carbons (Fsp3) is 0.958. The Balaban J connectivity index is 0. The van der Waals surface area contributed by atoms with E-state index in [1.165, 1.54) is 89.9 Å². The molecule has 1 unspecified atom stereocenters. The number of carboxylic acids is 1. The summed E-state index contributed by atoms with van der Waals surface area (Å²) in [5.41, 5.74) is 0. The van der Waals surface area contributed by atoms with Crippen molar-refractivity contribution < 1.29 is 61.3 Å². The fourth-order valence-electron chi connectivity index (χ4n) is 3.90. The molecule has 28 heavy (non-hydrogen) atoms. The van der Waals surface area contributed by atoms with Crippen molar-refractivity contribution in [2.75, 3.05) is 13.1 Å². The Kier molecular flexibility index (Phi) is 27.2. The maximum absolute atomic E-state index is 11.0. The van der Waals surface area contributed by atoms with Crippen LogP contribution in [0.15, 0.2) is 0 Å². The van der Waals surface area contributed by atoms with E-state index in [1.807, 2.05) is 0 Å². The van der Waals surface area contributed by atoms with Crippen LogP contribution in [0.2, 0.25) is 0 Å². The Morgan fingerprint density at radius 3 is 1.54 bits per heavy atom. The van der Waals surface area contributed by atoms with Crippen molar-refractivity contribution in [1.29, 1.82) is 0 Å². The number of hydrogen-bond acceptors (Lipinski definition) is 3. The number of hydrogen-bond donors (Lipinski definition) is 0. The molecule has 0 radical (unpaired) electrons. The second-order valence-corrected chi connectivity index (χ2v) is 8.28. The molecular formula is C24H48KNO2. The molecule has 0 heterocycles. The number of carbonyl (C=O) groups is 1. The van der Waals surface area contributed by atoms with Gasteiger partial charge in [-0.1, -0.05) is 97.8 Å². The minimum Gasteiger partial charge on any atom is -0.550 e. The van der Waals surface area contributed by atoms with E-state index < -0.39 is 5.97 Å². The molecule has 1 atom stereocenters. The molecule has 0 aliphatic carbocycles.